The van der Waals surface area contributed by atoms with Crippen LogP contribution in [0.5, 0.6) is 0 Å². The predicted octanol–water partition coefficient (Wildman–Crippen LogP) is 6.59. The van der Waals surface area contributed by atoms with Gasteiger partial charge < -0.3 is 4.74 Å². The Hall–Kier alpha value is -0.790. The molecule has 4 fully saturated rings. The number of cyclic esters (lactones) is 1. The molecule has 2 bridgehead atoms. The fourth-order valence-corrected chi connectivity index (χ4v) is 5.76. The highest BCUT2D eigenvalue weighted by Gasteiger charge is 2.73. The standard InChI is InChI=1S/C23H38O2/c1-2-3-4-5-6-7-8-9-10-11-12-13-14-15-20-16-22-17-23(20,18-22)21(24)25-19-22/h9-10,20H,2-8,11-19H2,1H3/b10-9-. The molecule has 4 aliphatic rings. The van der Waals surface area contributed by atoms with Gasteiger partial charge in [0.2, 0.25) is 0 Å². The highest BCUT2D eigenvalue weighted by atomic mass is 16.5. The van der Waals surface area contributed by atoms with Crippen molar-refractivity contribution < 1.29 is 9.53 Å². The summed E-state index contributed by atoms with van der Waals surface area (Å²) >= 11 is 0. The van der Waals surface area contributed by atoms with Gasteiger partial charge in [-0.25, -0.2) is 0 Å². The van der Waals surface area contributed by atoms with E-state index in [2.05, 4.69) is 19.1 Å². The van der Waals surface area contributed by atoms with Crippen LogP contribution in [-0.4, -0.2) is 12.6 Å². The summed E-state index contributed by atoms with van der Waals surface area (Å²) in [5.41, 5.74) is 0.382. The van der Waals surface area contributed by atoms with Crippen molar-refractivity contribution in [1.29, 1.82) is 0 Å². The molecular weight excluding hydrogens is 308 g/mol. The molecule has 1 heterocycles. The van der Waals surface area contributed by atoms with Gasteiger partial charge in [0.05, 0.1) is 12.0 Å². The molecule has 25 heavy (non-hydrogen) atoms. The highest BCUT2D eigenvalue weighted by molar-refractivity contribution is 5.81. The van der Waals surface area contributed by atoms with Gasteiger partial charge in [0.15, 0.2) is 0 Å². The fourth-order valence-electron chi connectivity index (χ4n) is 5.76. The van der Waals surface area contributed by atoms with Crippen LogP contribution in [0.4, 0.5) is 0 Å². The van der Waals surface area contributed by atoms with Gasteiger partial charge in [-0.2, -0.15) is 0 Å². The lowest BCUT2D eigenvalue weighted by atomic mass is 9.57. The van der Waals surface area contributed by atoms with Crippen LogP contribution in [0.1, 0.15) is 103 Å². The number of carbonyl (C=O) groups excluding carboxylic acids is 1. The third-order valence-corrected chi connectivity index (χ3v) is 7.07. The molecule has 0 aromatic carbocycles. The average Bonchev–Trinajstić information content (AvgIpc) is 3.02. The lowest BCUT2D eigenvalue weighted by Crippen LogP contribution is -2.53. The molecule has 3 saturated carbocycles. The van der Waals surface area contributed by atoms with Crippen molar-refractivity contribution in [3.8, 4) is 0 Å². The Bertz CT molecular complexity index is 459. The number of allylic oxidation sites excluding steroid dienone is 2. The Morgan fingerprint density at radius 3 is 2.32 bits per heavy atom. The van der Waals surface area contributed by atoms with E-state index in [1.54, 1.807) is 0 Å². The summed E-state index contributed by atoms with van der Waals surface area (Å²) in [6.45, 7) is 2.99. The van der Waals surface area contributed by atoms with E-state index in [1.807, 2.05) is 0 Å². The number of carbonyl (C=O) groups is 1. The first-order valence-corrected chi connectivity index (χ1v) is 11.0. The highest BCUT2D eigenvalue weighted by Crippen LogP contribution is 2.73. The minimum Gasteiger partial charge on any atom is -0.465 e. The molecular formula is C23H38O2. The molecule has 3 aliphatic carbocycles. The molecule has 1 aliphatic heterocycles. The smallest absolute Gasteiger partial charge is 0.312 e. The monoisotopic (exact) mass is 346 g/mol. The summed E-state index contributed by atoms with van der Waals surface area (Å²) in [7, 11) is 0. The molecule has 0 aromatic rings. The largest absolute Gasteiger partial charge is 0.465 e. The van der Waals surface area contributed by atoms with Crippen LogP contribution in [0.15, 0.2) is 12.2 Å². The average molecular weight is 347 g/mol. The molecule has 0 spiro atoms. The van der Waals surface area contributed by atoms with Crippen molar-refractivity contribution in [2.75, 3.05) is 6.61 Å². The van der Waals surface area contributed by atoms with Gasteiger partial charge in [-0.3, -0.25) is 4.79 Å². The van der Waals surface area contributed by atoms with Crippen molar-refractivity contribution in [1.82, 2.24) is 0 Å². The minimum absolute atomic E-state index is 0.0325. The molecule has 1 unspecified atom stereocenters. The van der Waals surface area contributed by atoms with Crippen LogP contribution in [0.3, 0.4) is 0 Å². The SMILES string of the molecule is CCCCCCCC/C=C\CCCCCC1CC23COC(=O)C1(C2)C3. The van der Waals surface area contributed by atoms with Gasteiger partial charge in [-0.05, 0) is 57.3 Å². The first kappa shape index (κ1) is 19.0. The number of ether oxygens (including phenoxy) is 1. The molecule has 0 amide bonds. The van der Waals surface area contributed by atoms with Gasteiger partial charge in [-0.15, -0.1) is 0 Å². The van der Waals surface area contributed by atoms with Crippen molar-refractivity contribution in [3.05, 3.63) is 12.2 Å². The number of fused-ring (bicyclic) bond motifs is 1. The summed E-state index contributed by atoms with van der Waals surface area (Å²) in [5.74, 6) is 0.764. The van der Waals surface area contributed by atoms with Crippen LogP contribution >= 0.6 is 0 Å². The summed E-state index contributed by atoms with van der Waals surface area (Å²) < 4.78 is 5.41. The summed E-state index contributed by atoms with van der Waals surface area (Å²) in [4.78, 5) is 12.1. The van der Waals surface area contributed by atoms with E-state index in [1.165, 1.54) is 83.5 Å². The lowest BCUT2D eigenvalue weighted by molar-refractivity contribution is -0.191. The van der Waals surface area contributed by atoms with E-state index in [0.717, 1.165) is 12.8 Å². The van der Waals surface area contributed by atoms with E-state index >= 15 is 0 Å². The minimum atomic E-state index is -0.0325. The van der Waals surface area contributed by atoms with E-state index in [4.69, 9.17) is 4.74 Å². The van der Waals surface area contributed by atoms with Gasteiger partial charge in [0.1, 0.15) is 0 Å². The van der Waals surface area contributed by atoms with Crippen LogP contribution in [-0.2, 0) is 9.53 Å². The summed E-state index contributed by atoms with van der Waals surface area (Å²) in [5, 5.41) is 0. The van der Waals surface area contributed by atoms with Crippen molar-refractivity contribution >= 4 is 5.97 Å². The van der Waals surface area contributed by atoms with E-state index in [0.29, 0.717) is 17.9 Å². The number of hydrogen-bond acceptors (Lipinski definition) is 2. The molecule has 0 aromatic heterocycles. The Balaban J connectivity index is 1.17. The van der Waals surface area contributed by atoms with Crippen LogP contribution in [0.2, 0.25) is 0 Å². The second-order valence-electron chi connectivity index (χ2n) is 9.15. The Morgan fingerprint density at radius 2 is 1.60 bits per heavy atom. The topological polar surface area (TPSA) is 26.3 Å². The molecule has 0 radical (unpaired) electrons. The van der Waals surface area contributed by atoms with Crippen LogP contribution < -0.4 is 0 Å². The molecule has 1 saturated heterocycles. The summed E-state index contributed by atoms with van der Waals surface area (Å²) in [6.07, 6.45) is 24.3. The van der Waals surface area contributed by atoms with Crippen molar-refractivity contribution in [2.45, 2.75) is 103 Å². The Morgan fingerprint density at radius 1 is 0.960 bits per heavy atom. The van der Waals surface area contributed by atoms with Crippen molar-refractivity contribution in [2.24, 2.45) is 16.7 Å². The quantitative estimate of drug-likeness (QED) is 0.214. The predicted molar refractivity (Wildman–Crippen MR) is 103 cm³/mol. The second kappa shape index (κ2) is 8.73. The molecule has 2 heteroatoms. The van der Waals surface area contributed by atoms with Gasteiger partial charge in [0.25, 0.3) is 0 Å². The first-order valence-electron chi connectivity index (χ1n) is 11.0. The first-order chi connectivity index (χ1) is 12.2. The third-order valence-electron chi connectivity index (χ3n) is 7.07. The molecule has 0 N–H and O–H groups in total. The molecule has 2 nitrogen and oxygen atoms in total. The van der Waals surface area contributed by atoms with E-state index in [9.17, 15) is 4.79 Å². The van der Waals surface area contributed by atoms with Crippen LogP contribution in [0, 0.1) is 16.7 Å². The Labute approximate surface area is 154 Å². The van der Waals surface area contributed by atoms with E-state index < -0.39 is 0 Å². The molecule has 4 rings (SSSR count). The number of esters is 1. The van der Waals surface area contributed by atoms with Crippen LogP contribution in [0.25, 0.3) is 0 Å². The summed E-state index contributed by atoms with van der Waals surface area (Å²) in [6, 6.07) is 0. The fraction of sp³-hybridized carbons (Fsp3) is 0.870. The zero-order chi connectivity index (χ0) is 17.6. The van der Waals surface area contributed by atoms with Crippen molar-refractivity contribution in [3.63, 3.8) is 0 Å². The van der Waals surface area contributed by atoms with Gasteiger partial charge >= 0.3 is 5.97 Å². The van der Waals surface area contributed by atoms with E-state index in [-0.39, 0.29) is 11.4 Å². The maximum absolute atomic E-state index is 12.1. The number of hydrogen-bond donors (Lipinski definition) is 0. The number of unbranched alkanes of at least 4 members (excludes halogenated alkanes) is 9. The lowest BCUT2D eigenvalue weighted by Gasteiger charge is -2.51. The molecule has 1 atom stereocenters. The number of rotatable bonds is 13. The van der Waals surface area contributed by atoms with Gasteiger partial charge in [0, 0.05) is 5.41 Å². The molecule has 142 valence electrons. The maximum atomic E-state index is 12.1. The second-order valence-corrected chi connectivity index (χ2v) is 9.15. The third kappa shape index (κ3) is 4.31. The maximum Gasteiger partial charge on any atom is 0.312 e. The normalized spacial score (nSPS) is 32.8. The van der Waals surface area contributed by atoms with Gasteiger partial charge in [-0.1, -0.05) is 64.0 Å². The Kier molecular flexibility index (Phi) is 6.63. The zero-order valence-corrected chi connectivity index (χ0v) is 16.4. The zero-order valence-electron chi connectivity index (χ0n) is 16.4.